The second-order valence-corrected chi connectivity index (χ2v) is 3.04. The molecule has 2 nitrogen and oxygen atoms in total. The third kappa shape index (κ3) is 0.935. The molecular formula is C8H6N2S. The SMILES string of the molecule is C=Cc1csc2cncnc12. The zero-order chi connectivity index (χ0) is 7.68. The molecule has 0 aliphatic carbocycles. The number of nitrogens with zero attached hydrogens (tertiary/aromatic N) is 2. The van der Waals surface area contributed by atoms with E-state index in [1.165, 1.54) is 0 Å². The molecule has 0 N–H and O–H groups in total. The van der Waals surface area contributed by atoms with E-state index in [1.807, 2.05) is 17.7 Å². The van der Waals surface area contributed by atoms with Crippen LogP contribution in [0.3, 0.4) is 0 Å². The fourth-order valence-electron chi connectivity index (χ4n) is 0.947. The Bertz CT molecular complexity index is 392. The molecule has 11 heavy (non-hydrogen) atoms. The topological polar surface area (TPSA) is 25.8 Å². The molecule has 54 valence electrons. The van der Waals surface area contributed by atoms with Crippen LogP contribution in [0.4, 0.5) is 0 Å². The van der Waals surface area contributed by atoms with E-state index in [9.17, 15) is 0 Å². The largest absolute Gasteiger partial charge is 0.243 e. The minimum absolute atomic E-state index is 1.00. The normalized spacial score (nSPS) is 10.2. The highest BCUT2D eigenvalue weighted by molar-refractivity contribution is 7.17. The fourth-order valence-corrected chi connectivity index (χ4v) is 1.81. The highest BCUT2D eigenvalue weighted by atomic mass is 32.1. The Kier molecular flexibility index (Phi) is 1.43. The average molecular weight is 162 g/mol. The van der Waals surface area contributed by atoms with Crippen molar-refractivity contribution >= 4 is 27.6 Å². The lowest BCUT2D eigenvalue weighted by atomic mass is 10.3. The van der Waals surface area contributed by atoms with Gasteiger partial charge in [0.05, 0.1) is 10.2 Å². The third-order valence-electron chi connectivity index (χ3n) is 1.48. The van der Waals surface area contributed by atoms with Crippen molar-refractivity contribution < 1.29 is 0 Å². The lowest BCUT2D eigenvalue weighted by molar-refractivity contribution is 1.23. The molecule has 2 rings (SSSR count). The zero-order valence-corrected chi connectivity index (χ0v) is 6.64. The summed E-state index contributed by atoms with van der Waals surface area (Å²) in [4.78, 5) is 8.07. The van der Waals surface area contributed by atoms with Crippen LogP contribution < -0.4 is 0 Å². The summed E-state index contributed by atoms with van der Waals surface area (Å²) in [6, 6.07) is 0. The van der Waals surface area contributed by atoms with Gasteiger partial charge in [0.1, 0.15) is 6.33 Å². The Balaban J connectivity index is 2.86. The molecule has 0 aromatic carbocycles. The maximum Gasteiger partial charge on any atom is 0.116 e. The summed E-state index contributed by atoms with van der Waals surface area (Å²) < 4.78 is 1.11. The van der Waals surface area contributed by atoms with Crippen LogP contribution in [-0.2, 0) is 0 Å². The molecule has 0 saturated heterocycles. The van der Waals surface area contributed by atoms with Crippen molar-refractivity contribution in [1.29, 1.82) is 0 Å². The van der Waals surface area contributed by atoms with Crippen LogP contribution in [0.2, 0.25) is 0 Å². The molecule has 2 aromatic heterocycles. The van der Waals surface area contributed by atoms with E-state index in [1.54, 1.807) is 17.7 Å². The van der Waals surface area contributed by atoms with Crippen molar-refractivity contribution in [2.24, 2.45) is 0 Å². The summed E-state index contributed by atoms with van der Waals surface area (Å²) >= 11 is 1.64. The summed E-state index contributed by atoms with van der Waals surface area (Å²) in [5.41, 5.74) is 2.09. The van der Waals surface area contributed by atoms with E-state index < -0.39 is 0 Å². The van der Waals surface area contributed by atoms with Gasteiger partial charge in [-0.25, -0.2) is 9.97 Å². The van der Waals surface area contributed by atoms with E-state index in [0.29, 0.717) is 0 Å². The van der Waals surface area contributed by atoms with Crippen LogP contribution in [0.15, 0.2) is 24.5 Å². The van der Waals surface area contributed by atoms with E-state index in [-0.39, 0.29) is 0 Å². The highest BCUT2D eigenvalue weighted by Gasteiger charge is 1.99. The quantitative estimate of drug-likeness (QED) is 0.643. The molecule has 0 saturated carbocycles. The Morgan fingerprint density at radius 3 is 3.27 bits per heavy atom. The smallest absolute Gasteiger partial charge is 0.116 e. The maximum absolute atomic E-state index is 4.14. The van der Waals surface area contributed by atoms with E-state index >= 15 is 0 Å². The van der Waals surface area contributed by atoms with Crippen molar-refractivity contribution in [3.8, 4) is 0 Å². The van der Waals surface area contributed by atoms with Gasteiger partial charge in [-0.05, 0) is 0 Å². The first-order valence-corrected chi connectivity index (χ1v) is 4.09. The highest BCUT2D eigenvalue weighted by Crippen LogP contribution is 2.22. The molecule has 0 spiro atoms. The summed E-state index contributed by atoms with van der Waals surface area (Å²) in [6.45, 7) is 3.70. The zero-order valence-electron chi connectivity index (χ0n) is 5.82. The number of hydrogen-bond acceptors (Lipinski definition) is 3. The lowest BCUT2D eigenvalue weighted by Crippen LogP contribution is -1.76. The van der Waals surface area contributed by atoms with Crippen LogP contribution >= 0.6 is 11.3 Å². The average Bonchev–Trinajstić information content (AvgIpc) is 2.47. The molecule has 0 aliphatic heterocycles. The van der Waals surface area contributed by atoms with E-state index in [2.05, 4.69) is 16.5 Å². The molecule has 0 atom stereocenters. The standard InChI is InChI=1S/C8H6N2S/c1-2-6-4-11-7-3-9-5-10-8(6)7/h2-5H,1H2. The number of fused-ring (bicyclic) bond motifs is 1. The van der Waals surface area contributed by atoms with Crippen molar-refractivity contribution in [2.75, 3.05) is 0 Å². The van der Waals surface area contributed by atoms with Crippen molar-refractivity contribution in [3.05, 3.63) is 30.0 Å². The first-order chi connectivity index (χ1) is 5.42. The number of hydrogen-bond donors (Lipinski definition) is 0. The van der Waals surface area contributed by atoms with Crippen molar-refractivity contribution in [2.45, 2.75) is 0 Å². The van der Waals surface area contributed by atoms with Gasteiger partial charge in [0.25, 0.3) is 0 Å². The molecule has 0 fully saturated rings. The van der Waals surface area contributed by atoms with Crippen molar-refractivity contribution in [3.63, 3.8) is 0 Å². The number of thiophene rings is 1. The molecule has 2 aromatic rings. The molecule has 0 radical (unpaired) electrons. The molecule has 3 heteroatoms. The molecule has 0 amide bonds. The molecule has 0 unspecified atom stereocenters. The predicted octanol–water partition coefficient (Wildman–Crippen LogP) is 2.33. The molecule has 0 aliphatic rings. The molecule has 0 bridgehead atoms. The van der Waals surface area contributed by atoms with Gasteiger partial charge >= 0.3 is 0 Å². The Hall–Kier alpha value is -1.22. The fraction of sp³-hybridized carbons (Fsp3) is 0. The Labute approximate surface area is 68.2 Å². The predicted molar refractivity (Wildman–Crippen MR) is 47.5 cm³/mol. The van der Waals surface area contributed by atoms with Gasteiger partial charge < -0.3 is 0 Å². The number of rotatable bonds is 1. The van der Waals surface area contributed by atoms with Crippen LogP contribution in [0.1, 0.15) is 5.56 Å². The van der Waals surface area contributed by atoms with Gasteiger partial charge in [0, 0.05) is 17.1 Å². The Morgan fingerprint density at radius 2 is 2.45 bits per heavy atom. The lowest BCUT2D eigenvalue weighted by Gasteiger charge is -1.86. The summed E-state index contributed by atoms with van der Waals surface area (Å²) in [5, 5.41) is 2.03. The van der Waals surface area contributed by atoms with E-state index in [4.69, 9.17) is 0 Å². The minimum Gasteiger partial charge on any atom is -0.243 e. The summed E-state index contributed by atoms with van der Waals surface area (Å²) in [7, 11) is 0. The first-order valence-electron chi connectivity index (χ1n) is 3.21. The number of aromatic nitrogens is 2. The van der Waals surface area contributed by atoms with E-state index in [0.717, 1.165) is 15.8 Å². The van der Waals surface area contributed by atoms with Gasteiger partial charge in [-0.3, -0.25) is 0 Å². The third-order valence-corrected chi connectivity index (χ3v) is 2.41. The summed E-state index contributed by atoms with van der Waals surface area (Å²) in [6.07, 6.45) is 5.19. The maximum atomic E-state index is 4.14. The minimum atomic E-state index is 1.00. The van der Waals surface area contributed by atoms with Gasteiger partial charge in [-0.1, -0.05) is 12.7 Å². The van der Waals surface area contributed by atoms with Gasteiger partial charge in [-0.2, -0.15) is 0 Å². The first kappa shape index (κ1) is 6.49. The second kappa shape index (κ2) is 2.43. The monoisotopic (exact) mass is 162 g/mol. The van der Waals surface area contributed by atoms with Gasteiger partial charge in [0.2, 0.25) is 0 Å². The summed E-state index contributed by atoms with van der Waals surface area (Å²) in [5.74, 6) is 0. The van der Waals surface area contributed by atoms with Crippen LogP contribution in [0, 0.1) is 0 Å². The second-order valence-electron chi connectivity index (χ2n) is 2.13. The van der Waals surface area contributed by atoms with Crippen LogP contribution in [-0.4, -0.2) is 9.97 Å². The van der Waals surface area contributed by atoms with Gasteiger partial charge in [0.15, 0.2) is 0 Å². The van der Waals surface area contributed by atoms with Gasteiger partial charge in [-0.15, -0.1) is 11.3 Å². The molecule has 2 heterocycles. The van der Waals surface area contributed by atoms with Crippen LogP contribution in [0.25, 0.3) is 16.3 Å². The Morgan fingerprint density at radius 1 is 1.55 bits per heavy atom. The van der Waals surface area contributed by atoms with Crippen LogP contribution in [0.5, 0.6) is 0 Å². The molecular weight excluding hydrogens is 156 g/mol. The van der Waals surface area contributed by atoms with Crippen molar-refractivity contribution in [1.82, 2.24) is 9.97 Å².